The molecule has 0 atom stereocenters. The van der Waals surface area contributed by atoms with Crippen molar-refractivity contribution in [3.05, 3.63) is 47.5 Å². The van der Waals surface area contributed by atoms with Crippen LogP contribution in [0.1, 0.15) is 11.1 Å². The molecule has 0 bridgehead atoms. The lowest BCUT2D eigenvalue weighted by molar-refractivity contribution is 1.50. The molecule has 2 aromatic rings. The van der Waals surface area contributed by atoms with Crippen molar-refractivity contribution in [3.8, 4) is 17.9 Å². The van der Waals surface area contributed by atoms with Crippen LogP contribution in [0.5, 0.6) is 0 Å². The summed E-state index contributed by atoms with van der Waals surface area (Å²) in [5, 5.41) is 10.7. The number of fused-ring (bicyclic) bond motifs is 1. The molecule has 70 valence electrons. The largest absolute Gasteiger partial charge is 0.183 e. The normalized spacial score (nSPS) is 9.07. The second-order valence-electron chi connectivity index (χ2n) is 3.43. The molecule has 15 heavy (non-hydrogen) atoms. The fourth-order valence-electron chi connectivity index (χ4n) is 1.54. The van der Waals surface area contributed by atoms with E-state index in [4.69, 9.17) is 5.26 Å². The number of nitrogens with zero attached hydrogens (tertiary/aromatic N) is 1. The Balaban J connectivity index is 2.58. The monoisotopic (exact) mass is 191 g/mol. The topological polar surface area (TPSA) is 23.8 Å². The minimum Gasteiger partial charge on any atom is -0.183 e. The summed E-state index contributed by atoms with van der Waals surface area (Å²) in [6, 6.07) is 14.1. The van der Waals surface area contributed by atoms with Crippen molar-refractivity contribution < 1.29 is 0 Å². The van der Waals surface area contributed by atoms with Crippen molar-refractivity contribution in [2.75, 3.05) is 0 Å². The summed E-state index contributed by atoms with van der Waals surface area (Å²) in [6.45, 7) is 2.07. The van der Waals surface area contributed by atoms with E-state index in [-0.39, 0.29) is 0 Å². The number of hydrogen-bond acceptors (Lipinski definition) is 1. The first-order valence-corrected chi connectivity index (χ1v) is 4.70. The molecule has 0 spiro atoms. The van der Waals surface area contributed by atoms with Gasteiger partial charge in [-0.15, -0.1) is 0 Å². The van der Waals surface area contributed by atoms with E-state index in [2.05, 4.69) is 37.0 Å². The number of hydrogen-bond donors (Lipinski definition) is 0. The van der Waals surface area contributed by atoms with E-state index in [9.17, 15) is 0 Å². The van der Waals surface area contributed by atoms with Crippen molar-refractivity contribution in [2.24, 2.45) is 0 Å². The second-order valence-corrected chi connectivity index (χ2v) is 3.43. The minimum atomic E-state index is 0.882. The van der Waals surface area contributed by atoms with Crippen LogP contribution in [0.2, 0.25) is 0 Å². The molecule has 2 rings (SSSR count). The van der Waals surface area contributed by atoms with E-state index < -0.39 is 0 Å². The predicted molar refractivity (Wildman–Crippen MR) is 61.2 cm³/mol. The Morgan fingerprint density at radius 2 is 1.73 bits per heavy atom. The van der Waals surface area contributed by atoms with Crippen molar-refractivity contribution in [3.63, 3.8) is 0 Å². The molecular formula is C14H9N. The van der Waals surface area contributed by atoms with Gasteiger partial charge in [-0.2, -0.15) is 5.26 Å². The zero-order valence-corrected chi connectivity index (χ0v) is 8.41. The van der Waals surface area contributed by atoms with Gasteiger partial charge in [0.1, 0.15) is 0 Å². The Kier molecular flexibility index (Phi) is 2.40. The average molecular weight is 191 g/mol. The van der Waals surface area contributed by atoms with Crippen LogP contribution in [-0.4, -0.2) is 0 Å². The zero-order valence-electron chi connectivity index (χ0n) is 8.41. The first-order valence-electron chi connectivity index (χ1n) is 4.70. The second kappa shape index (κ2) is 3.86. The molecule has 0 fully saturated rings. The Hall–Kier alpha value is -2.25. The molecule has 0 aromatic heterocycles. The first kappa shape index (κ1) is 9.31. The van der Waals surface area contributed by atoms with E-state index in [1.54, 1.807) is 0 Å². The maximum Gasteiger partial charge on any atom is 0.152 e. The Labute approximate surface area is 89.0 Å². The van der Waals surface area contributed by atoms with E-state index in [0.717, 1.165) is 10.9 Å². The minimum absolute atomic E-state index is 0.882. The third-order valence-corrected chi connectivity index (χ3v) is 2.26. The molecule has 0 aliphatic carbocycles. The molecular weight excluding hydrogens is 182 g/mol. The summed E-state index contributed by atoms with van der Waals surface area (Å²) in [5.41, 5.74) is 2.13. The number of rotatable bonds is 0. The molecule has 0 saturated heterocycles. The first-order chi connectivity index (χ1) is 7.29. The lowest BCUT2D eigenvalue weighted by Crippen LogP contribution is -1.78. The molecule has 0 amide bonds. The summed E-state index contributed by atoms with van der Waals surface area (Å²) in [5.74, 6) is 5.19. The Bertz CT molecular complexity index is 606. The van der Waals surface area contributed by atoms with Crippen LogP contribution in [0, 0.1) is 30.1 Å². The van der Waals surface area contributed by atoms with E-state index in [0.29, 0.717) is 0 Å². The van der Waals surface area contributed by atoms with Crippen LogP contribution in [-0.2, 0) is 0 Å². The number of nitriles is 1. The summed E-state index contributed by atoms with van der Waals surface area (Å²) in [6.07, 6.45) is 0. The molecule has 1 heteroatoms. The standard InChI is InChI=1S/C14H9N/c1-11-4-6-14-10-12(3-2-8-15)5-7-13(14)9-11/h4-7,9-10H,1H3. The molecule has 0 aliphatic rings. The lowest BCUT2D eigenvalue weighted by Gasteiger charge is -1.99. The van der Waals surface area contributed by atoms with Crippen LogP contribution in [0.25, 0.3) is 10.8 Å². The lowest BCUT2D eigenvalue weighted by atomic mass is 10.1. The maximum absolute atomic E-state index is 8.35. The van der Waals surface area contributed by atoms with Gasteiger partial charge >= 0.3 is 0 Å². The van der Waals surface area contributed by atoms with Crippen LogP contribution < -0.4 is 0 Å². The number of benzene rings is 2. The highest BCUT2D eigenvalue weighted by molar-refractivity contribution is 5.84. The maximum atomic E-state index is 8.35. The smallest absolute Gasteiger partial charge is 0.152 e. The summed E-state index contributed by atoms with van der Waals surface area (Å²) < 4.78 is 0. The average Bonchev–Trinajstić information content (AvgIpc) is 2.26. The fraction of sp³-hybridized carbons (Fsp3) is 0.0714. The van der Waals surface area contributed by atoms with Gasteiger partial charge in [-0.1, -0.05) is 35.7 Å². The van der Waals surface area contributed by atoms with Gasteiger partial charge in [0, 0.05) is 11.5 Å². The van der Waals surface area contributed by atoms with Crippen molar-refractivity contribution in [1.29, 1.82) is 5.26 Å². The Morgan fingerprint density at radius 3 is 2.53 bits per heavy atom. The molecule has 2 aromatic carbocycles. The predicted octanol–water partition coefficient (Wildman–Crippen LogP) is 3.02. The molecule has 0 radical (unpaired) electrons. The fourth-order valence-corrected chi connectivity index (χ4v) is 1.54. The Morgan fingerprint density at radius 1 is 1.00 bits per heavy atom. The molecule has 0 N–H and O–H groups in total. The van der Waals surface area contributed by atoms with Gasteiger partial charge in [0.15, 0.2) is 6.07 Å². The molecule has 0 aliphatic heterocycles. The molecule has 0 heterocycles. The van der Waals surface area contributed by atoms with Crippen LogP contribution in [0.3, 0.4) is 0 Å². The third-order valence-electron chi connectivity index (χ3n) is 2.26. The summed E-state index contributed by atoms with van der Waals surface area (Å²) in [7, 11) is 0. The molecule has 0 unspecified atom stereocenters. The summed E-state index contributed by atoms with van der Waals surface area (Å²) >= 11 is 0. The van der Waals surface area contributed by atoms with Crippen LogP contribution in [0.4, 0.5) is 0 Å². The van der Waals surface area contributed by atoms with Crippen LogP contribution >= 0.6 is 0 Å². The van der Waals surface area contributed by atoms with Gasteiger partial charge in [-0.3, -0.25) is 0 Å². The molecule has 1 nitrogen and oxygen atoms in total. The van der Waals surface area contributed by atoms with E-state index in [1.165, 1.54) is 10.9 Å². The van der Waals surface area contributed by atoms with E-state index in [1.807, 2.05) is 24.3 Å². The third kappa shape index (κ3) is 1.98. The van der Waals surface area contributed by atoms with Gasteiger partial charge < -0.3 is 0 Å². The van der Waals surface area contributed by atoms with Crippen molar-refractivity contribution >= 4 is 10.8 Å². The highest BCUT2D eigenvalue weighted by atomic mass is 14.2. The van der Waals surface area contributed by atoms with E-state index >= 15 is 0 Å². The number of aryl methyl sites for hydroxylation is 1. The quantitative estimate of drug-likeness (QED) is 0.587. The highest BCUT2D eigenvalue weighted by Crippen LogP contribution is 2.17. The van der Waals surface area contributed by atoms with Gasteiger partial charge in [0.2, 0.25) is 0 Å². The van der Waals surface area contributed by atoms with Gasteiger partial charge in [0.05, 0.1) is 0 Å². The van der Waals surface area contributed by atoms with Crippen molar-refractivity contribution in [2.45, 2.75) is 6.92 Å². The molecule has 0 saturated carbocycles. The van der Waals surface area contributed by atoms with Gasteiger partial charge in [-0.25, -0.2) is 0 Å². The van der Waals surface area contributed by atoms with Crippen LogP contribution in [0.15, 0.2) is 36.4 Å². The van der Waals surface area contributed by atoms with Gasteiger partial charge in [-0.05, 0) is 29.8 Å². The SMILES string of the molecule is Cc1ccc2cc(C#CC#N)ccc2c1. The van der Waals surface area contributed by atoms with Crippen molar-refractivity contribution in [1.82, 2.24) is 0 Å². The highest BCUT2D eigenvalue weighted by Gasteiger charge is 1.94. The zero-order chi connectivity index (χ0) is 10.7. The van der Waals surface area contributed by atoms with Gasteiger partial charge in [0.25, 0.3) is 0 Å². The summed E-state index contributed by atoms with van der Waals surface area (Å²) in [4.78, 5) is 0.